The normalized spacial score (nSPS) is 9.40. The molecular weight excluding hydrogens is 214 g/mol. The highest BCUT2D eigenvalue weighted by atomic mass is 79.9. The monoisotopic (exact) mass is 218 g/mol. The molecule has 0 nitrogen and oxygen atoms in total. The second-order valence-corrected chi connectivity index (χ2v) is 4.22. The van der Waals surface area contributed by atoms with Crippen LogP contribution < -0.4 is 0 Å². The van der Waals surface area contributed by atoms with Gasteiger partial charge >= 0.3 is 5.09 Å². The third-order valence-electron chi connectivity index (χ3n) is 0.968. The van der Waals surface area contributed by atoms with E-state index < -0.39 is 5.09 Å². The first-order valence-corrected chi connectivity index (χ1v) is 4.58. The fraction of sp³-hybridized carbons (Fsp3) is 0. The van der Waals surface area contributed by atoms with E-state index in [1.807, 2.05) is 30.3 Å². The van der Waals surface area contributed by atoms with Gasteiger partial charge in [-0.1, -0.05) is 34.0 Å². The predicted octanol–water partition coefficient (Wildman–Crippen LogP) is 3.13. The Balaban J connectivity index is 2.59. The van der Waals surface area contributed by atoms with Crippen LogP contribution in [0.1, 0.15) is 0 Å². The summed E-state index contributed by atoms with van der Waals surface area (Å²) in [5.74, 6) is 0. The van der Waals surface area contributed by atoms with Crippen molar-refractivity contribution >= 4 is 32.5 Å². The smallest absolute Gasteiger partial charge is 0.302 e. The molecule has 0 aliphatic carbocycles. The maximum absolute atomic E-state index is 12.3. The first kappa shape index (κ1) is 8.14. The van der Waals surface area contributed by atoms with Gasteiger partial charge < -0.3 is 4.32 Å². The largest absolute Gasteiger partial charge is 0.490 e. The summed E-state index contributed by atoms with van der Waals surface area (Å²) in [5.41, 5.74) is 0. The fourth-order valence-electron chi connectivity index (χ4n) is 0.602. The van der Waals surface area contributed by atoms with Crippen molar-refractivity contribution in [1.82, 2.24) is 0 Å². The zero-order chi connectivity index (χ0) is 7.40. The molecule has 0 amide bonds. The maximum atomic E-state index is 12.3. The Bertz CT molecular complexity index is 192. The van der Waals surface area contributed by atoms with Crippen LogP contribution in [0.2, 0.25) is 0 Å². The van der Waals surface area contributed by atoms with Gasteiger partial charge in [-0.25, -0.2) is 0 Å². The zero-order valence-corrected chi connectivity index (χ0v) is 7.53. The van der Waals surface area contributed by atoms with Gasteiger partial charge in [0.1, 0.15) is 0 Å². The molecule has 0 aromatic heterocycles. The van der Waals surface area contributed by atoms with Crippen LogP contribution in [0.5, 0.6) is 0 Å². The number of hydrogen-bond donors (Lipinski definition) is 0. The Morgan fingerprint density at radius 3 is 2.40 bits per heavy atom. The first-order valence-electron chi connectivity index (χ1n) is 2.79. The molecule has 52 valence electrons. The van der Waals surface area contributed by atoms with Crippen molar-refractivity contribution in [1.29, 1.82) is 0 Å². The molecule has 0 fully saturated rings. The average Bonchev–Trinajstić information content (AvgIpc) is 1.88. The van der Waals surface area contributed by atoms with E-state index in [1.54, 1.807) is 0 Å². The molecule has 0 atom stereocenters. The molecule has 0 aliphatic rings. The van der Waals surface area contributed by atoms with Gasteiger partial charge in [0.25, 0.3) is 0 Å². The van der Waals surface area contributed by atoms with Crippen molar-refractivity contribution in [2.75, 3.05) is 0 Å². The van der Waals surface area contributed by atoms with Crippen molar-refractivity contribution in [3.8, 4) is 0 Å². The SMILES string of the molecule is FB(Br)Sc1ccccc1. The Hall–Kier alpha value is 0.0449. The third kappa shape index (κ3) is 2.75. The number of rotatable bonds is 2. The van der Waals surface area contributed by atoms with E-state index in [0.29, 0.717) is 0 Å². The summed E-state index contributed by atoms with van der Waals surface area (Å²) in [5, 5.41) is -1.00. The topological polar surface area (TPSA) is 0 Å². The highest BCUT2D eigenvalue weighted by Crippen LogP contribution is 2.23. The van der Waals surface area contributed by atoms with Crippen molar-refractivity contribution in [2.24, 2.45) is 0 Å². The zero-order valence-electron chi connectivity index (χ0n) is 5.13. The molecule has 0 aliphatic heterocycles. The van der Waals surface area contributed by atoms with E-state index in [-0.39, 0.29) is 0 Å². The van der Waals surface area contributed by atoms with Crippen LogP contribution in [0.4, 0.5) is 4.32 Å². The van der Waals surface area contributed by atoms with Gasteiger partial charge in [0.2, 0.25) is 0 Å². The van der Waals surface area contributed by atoms with E-state index in [0.717, 1.165) is 16.5 Å². The van der Waals surface area contributed by atoms with Gasteiger partial charge in [0, 0.05) is 4.90 Å². The van der Waals surface area contributed by atoms with Crippen LogP contribution in [0.3, 0.4) is 0 Å². The van der Waals surface area contributed by atoms with Crippen molar-refractivity contribution in [2.45, 2.75) is 4.90 Å². The van der Waals surface area contributed by atoms with E-state index in [2.05, 4.69) is 15.8 Å². The third-order valence-corrected chi connectivity index (χ3v) is 2.25. The Morgan fingerprint density at radius 1 is 1.30 bits per heavy atom. The molecule has 0 N–H and O–H groups in total. The Kier molecular flexibility index (Phi) is 3.29. The van der Waals surface area contributed by atoms with E-state index in [4.69, 9.17) is 0 Å². The lowest BCUT2D eigenvalue weighted by Crippen LogP contribution is -1.83. The lowest BCUT2D eigenvalue weighted by atomic mass is 10.4. The quantitative estimate of drug-likeness (QED) is 0.688. The molecule has 10 heavy (non-hydrogen) atoms. The van der Waals surface area contributed by atoms with Gasteiger partial charge in [-0.05, 0) is 12.1 Å². The summed E-state index contributed by atoms with van der Waals surface area (Å²) in [6.45, 7) is 0. The lowest BCUT2D eigenvalue weighted by Gasteiger charge is -1.95. The molecule has 0 saturated carbocycles. The summed E-state index contributed by atoms with van der Waals surface area (Å²) < 4.78 is 12.3. The number of benzene rings is 1. The van der Waals surface area contributed by atoms with Gasteiger partial charge in [-0.2, -0.15) is 0 Å². The highest BCUT2D eigenvalue weighted by Gasteiger charge is 2.08. The first-order chi connectivity index (χ1) is 4.79. The molecule has 0 saturated heterocycles. The molecular formula is C6H5BBrFS. The molecule has 0 heterocycles. The van der Waals surface area contributed by atoms with Crippen LogP contribution in [0.15, 0.2) is 35.2 Å². The van der Waals surface area contributed by atoms with E-state index in [9.17, 15) is 4.32 Å². The van der Waals surface area contributed by atoms with Crippen molar-refractivity contribution in [3.63, 3.8) is 0 Å². The molecule has 0 spiro atoms. The summed E-state index contributed by atoms with van der Waals surface area (Å²) >= 11 is 3.96. The molecule has 1 aromatic rings. The fourth-order valence-corrected chi connectivity index (χ4v) is 1.77. The average molecular weight is 219 g/mol. The maximum Gasteiger partial charge on any atom is 0.490 e. The van der Waals surface area contributed by atoms with Crippen LogP contribution >= 0.6 is 27.4 Å². The minimum Gasteiger partial charge on any atom is -0.302 e. The second-order valence-electron chi connectivity index (χ2n) is 1.69. The van der Waals surface area contributed by atoms with Crippen molar-refractivity contribution in [3.05, 3.63) is 30.3 Å². The molecule has 4 heteroatoms. The summed E-state index contributed by atoms with van der Waals surface area (Å²) in [6, 6.07) is 9.43. The summed E-state index contributed by atoms with van der Waals surface area (Å²) in [6.07, 6.45) is 0. The second kappa shape index (κ2) is 4.03. The summed E-state index contributed by atoms with van der Waals surface area (Å²) in [4.78, 5) is 0.937. The standard InChI is InChI=1S/C6H5BBrFS/c8-7(9)10-6-4-2-1-3-5-6/h1-5H. The van der Waals surface area contributed by atoms with Gasteiger partial charge in [0.05, 0.1) is 0 Å². The minimum absolute atomic E-state index is 0.937. The van der Waals surface area contributed by atoms with Gasteiger partial charge in [-0.3, -0.25) is 0 Å². The van der Waals surface area contributed by atoms with Crippen molar-refractivity contribution < 1.29 is 4.32 Å². The Labute approximate surface area is 72.2 Å². The molecule has 0 radical (unpaired) electrons. The Morgan fingerprint density at radius 2 is 1.90 bits per heavy atom. The highest BCUT2D eigenvalue weighted by molar-refractivity contribution is 9.29. The van der Waals surface area contributed by atoms with Gasteiger partial charge in [0.15, 0.2) is 0 Å². The van der Waals surface area contributed by atoms with Crippen LogP contribution in [0.25, 0.3) is 0 Å². The van der Waals surface area contributed by atoms with Gasteiger partial charge in [-0.15, -0.1) is 11.6 Å². The predicted molar refractivity (Wildman–Crippen MR) is 48.1 cm³/mol. The number of hydrogen-bond acceptors (Lipinski definition) is 1. The van der Waals surface area contributed by atoms with E-state index >= 15 is 0 Å². The summed E-state index contributed by atoms with van der Waals surface area (Å²) in [7, 11) is 0. The molecule has 0 unspecified atom stereocenters. The van der Waals surface area contributed by atoms with E-state index in [1.165, 1.54) is 0 Å². The minimum atomic E-state index is -1.00. The molecule has 1 rings (SSSR count). The molecule has 0 bridgehead atoms. The molecule has 1 aromatic carbocycles. The van der Waals surface area contributed by atoms with Crippen LogP contribution in [0, 0.1) is 0 Å². The van der Waals surface area contributed by atoms with Crippen LogP contribution in [-0.2, 0) is 0 Å². The van der Waals surface area contributed by atoms with Crippen LogP contribution in [-0.4, -0.2) is 5.09 Å². The lowest BCUT2D eigenvalue weighted by molar-refractivity contribution is 0.889. The number of halogens is 2.